The van der Waals surface area contributed by atoms with E-state index in [0.29, 0.717) is 26.1 Å². The summed E-state index contributed by atoms with van der Waals surface area (Å²) in [5.41, 5.74) is 1.12. The van der Waals surface area contributed by atoms with E-state index < -0.39 is 0 Å². The van der Waals surface area contributed by atoms with Gasteiger partial charge in [0.15, 0.2) is 0 Å². The Morgan fingerprint density at radius 2 is 2.11 bits per heavy atom. The molecule has 0 spiro atoms. The predicted octanol–water partition coefficient (Wildman–Crippen LogP) is 2.35. The zero-order valence-corrected chi connectivity index (χ0v) is 11.5. The van der Waals surface area contributed by atoms with Crippen molar-refractivity contribution in [3.63, 3.8) is 0 Å². The van der Waals surface area contributed by atoms with Gasteiger partial charge in [0.25, 0.3) is 0 Å². The van der Waals surface area contributed by atoms with Crippen molar-refractivity contribution in [3.8, 4) is 6.07 Å². The molecular formula is C15H20N2O2. The number of hydrogen-bond acceptors (Lipinski definition) is 4. The van der Waals surface area contributed by atoms with Crippen molar-refractivity contribution in [2.45, 2.75) is 32.9 Å². The molecule has 4 nitrogen and oxygen atoms in total. The molecule has 0 saturated heterocycles. The van der Waals surface area contributed by atoms with Gasteiger partial charge in [0.2, 0.25) is 0 Å². The summed E-state index contributed by atoms with van der Waals surface area (Å²) in [5, 5.41) is 8.71. The highest BCUT2D eigenvalue weighted by molar-refractivity contribution is 5.75. The molecule has 0 aliphatic carbocycles. The first kappa shape index (κ1) is 15.2. The topological polar surface area (TPSA) is 53.3 Å². The third-order valence-corrected chi connectivity index (χ3v) is 2.91. The van der Waals surface area contributed by atoms with Crippen LogP contribution in [-0.4, -0.2) is 30.1 Å². The number of ether oxygens (including phenoxy) is 1. The van der Waals surface area contributed by atoms with Gasteiger partial charge in [-0.2, -0.15) is 5.26 Å². The lowest BCUT2D eigenvalue weighted by Gasteiger charge is -2.26. The largest absolute Gasteiger partial charge is 0.465 e. The monoisotopic (exact) mass is 260 g/mol. The first-order chi connectivity index (χ1) is 9.19. The minimum absolute atomic E-state index is 0.239. The summed E-state index contributed by atoms with van der Waals surface area (Å²) in [6, 6.07) is 11.7. The second-order valence-corrected chi connectivity index (χ2v) is 4.29. The van der Waals surface area contributed by atoms with E-state index in [1.807, 2.05) is 42.2 Å². The van der Waals surface area contributed by atoms with E-state index in [0.717, 1.165) is 5.56 Å². The molecule has 0 saturated carbocycles. The van der Waals surface area contributed by atoms with E-state index in [-0.39, 0.29) is 12.0 Å². The fraction of sp³-hybridized carbons (Fsp3) is 0.467. The number of carbonyl (C=O) groups is 1. The summed E-state index contributed by atoms with van der Waals surface area (Å²) in [6.45, 7) is 5.19. The molecule has 1 aromatic carbocycles. The normalized spacial score (nSPS) is 11.9. The van der Waals surface area contributed by atoms with Crippen LogP contribution in [0.25, 0.3) is 0 Å². The second kappa shape index (κ2) is 8.28. The lowest BCUT2D eigenvalue weighted by molar-refractivity contribution is -0.149. The van der Waals surface area contributed by atoms with Gasteiger partial charge in [0.1, 0.15) is 6.04 Å². The van der Waals surface area contributed by atoms with Crippen molar-refractivity contribution in [3.05, 3.63) is 35.9 Å². The molecule has 0 N–H and O–H groups in total. The minimum atomic E-state index is -0.339. The van der Waals surface area contributed by atoms with Crippen molar-refractivity contribution in [1.82, 2.24) is 4.90 Å². The number of rotatable bonds is 7. The Morgan fingerprint density at radius 3 is 2.68 bits per heavy atom. The zero-order valence-electron chi connectivity index (χ0n) is 11.5. The molecule has 0 bridgehead atoms. The third-order valence-electron chi connectivity index (χ3n) is 2.91. The van der Waals surface area contributed by atoms with Crippen LogP contribution in [0.1, 0.15) is 25.8 Å². The molecule has 19 heavy (non-hydrogen) atoms. The van der Waals surface area contributed by atoms with Gasteiger partial charge in [0.05, 0.1) is 12.7 Å². The quantitative estimate of drug-likeness (QED) is 0.706. The van der Waals surface area contributed by atoms with E-state index >= 15 is 0 Å². The standard InChI is InChI=1S/C15H20N2O2/c1-3-19-15(18)13(2)17(11-7-10-16)12-14-8-5-4-6-9-14/h4-6,8-9,13H,3,7,11-12H2,1-2H3. The van der Waals surface area contributed by atoms with Gasteiger partial charge in [-0.15, -0.1) is 0 Å². The summed E-state index contributed by atoms with van der Waals surface area (Å²) in [4.78, 5) is 13.8. The Kier molecular flexibility index (Phi) is 6.62. The Hall–Kier alpha value is -1.86. The molecule has 0 heterocycles. The number of esters is 1. The summed E-state index contributed by atoms with van der Waals surface area (Å²) < 4.78 is 5.04. The van der Waals surface area contributed by atoms with Crippen molar-refractivity contribution in [1.29, 1.82) is 5.26 Å². The first-order valence-corrected chi connectivity index (χ1v) is 6.50. The Labute approximate surface area is 114 Å². The molecule has 0 aliphatic rings. The minimum Gasteiger partial charge on any atom is -0.465 e. The Bertz CT molecular complexity index is 426. The van der Waals surface area contributed by atoms with Gasteiger partial charge < -0.3 is 4.74 Å². The fourth-order valence-corrected chi connectivity index (χ4v) is 1.83. The smallest absolute Gasteiger partial charge is 0.323 e. The van der Waals surface area contributed by atoms with Crippen LogP contribution < -0.4 is 0 Å². The van der Waals surface area contributed by atoms with Crippen molar-refractivity contribution in [2.24, 2.45) is 0 Å². The summed E-state index contributed by atoms with van der Waals surface area (Å²) in [6.07, 6.45) is 0.399. The number of nitriles is 1. The lowest BCUT2D eigenvalue weighted by atomic mass is 10.1. The van der Waals surface area contributed by atoms with Gasteiger partial charge in [-0.1, -0.05) is 30.3 Å². The van der Waals surface area contributed by atoms with Crippen LogP contribution in [0.4, 0.5) is 0 Å². The van der Waals surface area contributed by atoms with Gasteiger partial charge in [-0.3, -0.25) is 9.69 Å². The maximum Gasteiger partial charge on any atom is 0.323 e. The number of hydrogen-bond donors (Lipinski definition) is 0. The van der Waals surface area contributed by atoms with Gasteiger partial charge >= 0.3 is 5.97 Å². The number of nitrogens with zero attached hydrogens (tertiary/aromatic N) is 2. The fourth-order valence-electron chi connectivity index (χ4n) is 1.83. The van der Waals surface area contributed by atoms with E-state index in [2.05, 4.69) is 6.07 Å². The molecule has 1 rings (SSSR count). The zero-order chi connectivity index (χ0) is 14.1. The maximum absolute atomic E-state index is 11.8. The van der Waals surface area contributed by atoms with Crippen LogP contribution in [0.5, 0.6) is 0 Å². The van der Waals surface area contributed by atoms with Crippen molar-refractivity contribution in [2.75, 3.05) is 13.2 Å². The highest BCUT2D eigenvalue weighted by atomic mass is 16.5. The highest BCUT2D eigenvalue weighted by Gasteiger charge is 2.22. The summed E-state index contributed by atoms with van der Waals surface area (Å²) >= 11 is 0. The Morgan fingerprint density at radius 1 is 1.42 bits per heavy atom. The molecule has 4 heteroatoms. The van der Waals surface area contributed by atoms with E-state index in [1.165, 1.54) is 0 Å². The van der Waals surface area contributed by atoms with Crippen LogP contribution in [0.15, 0.2) is 30.3 Å². The van der Waals surface area contributed by atoms with E-state index in [1.54, 1.807) is 6.92 Å². The van der Waals surface area contributed by atoms with Gasteiger partial charge in [-0.05, 0) is 19.4 Å². The second-order valence-electron chi connectivity index (χ2n) is 4.29. The highest BCUT2D eigenvalue weighted by Crippen LogP contribution is 2.10. The Balaban J connectivity index is 2.71. The number of carbonyl (C=O) groups excluding carboxylic acids is 1. The molecule has 0 fully saturated rings. The van der Waals surface area contributed by atoms with E-state index in [4.69, 9.17) is 10.00 Å². The molecule has 0 radical (unpaired) electrons. The summed E-state index contributed by atoms with van der Waals surface area (Å²) in [7, 11) is 0. The van der Waals surface area contributed by atoms with Crippen molar-refractivity contribution < 1.29 is 9.53 Å². The molecule has 0 amide bonds. The first-order valence-electron chi connectivity index (χ1n) is 6.50. The summed E-state index contributed by atoms with van der Waals surface area (Å²) in [5.74, 6) is -0.239. The van der Waals surface area contributed by atoms with Crippen LogP contribution in [0.2, 0.25) is 0 Å². The van der Waals surface area contributed by atoms with Crippen LogP contribution in [0, 0.1) is 11.3 Å². The lowest BCUT2D eigenvalue weighted by Crippen LogP contribution is -2.40. The molecule has 0 aliphatic heterocycles. The predicted molar refractivity (Wildman–Crippen MR) is 73.2 cm³/mol. The van der Waals surface area contributed by atoms with Gasteiger partial charge in [-0.25, -0.2) is 0 Å². The maximum atomic E-state index is 11.8. The average molecular weight is 260 g/mol. The SMILES string of the molecule is CCOC(=O)C(C)N(CCC#N)Cc1ccccc1. The van der Waals surface area contributed by atoms with E-state index in [9.17, 15) is 4.79 Å². The molecular weight excluding hydrogens is 240 g/mol. The van der Waals surface area contributed by atoms with Crippen LogP contribution in [0.3, 0.4) is 0 Å². The molecule has 0 aromatic heterocycles. The van der Waals surface area contributed by atoms with Crippen LogP contribution >= 0.6 is 0 Å². The van der Waals surface area contributed by atoms with Crippen LogP contribution in [-0.2, 0) is 16.1 Å². The molecule has 1 unspecified atom stereocenters. The number of benzene rings is 1. The van der Waals surface area contributed by atoms with Gasteiger partial charge in [0, 0.05) is 19.5 Å². The molecule has 1 atom stereocenters. The third kappa shape index (κ3) is 5.11. The average Bonchev–Trinajstić information content (AvgIpc) is 2.44. The van der Waals surface area contributed by atoms with Crippen molar-refractivity contribution >= 4 is 5.97 Å². The molecule has 1 aromatic rings. The molecule has 102 valence electrons.